The second-order valence-electron chi connectivity index (χ2n) is 6.37. The highest BCUT2D eigenvalue weighted by atomic mass is 16.5. The zero-order valence-electron chi connectivity index (χ0n) is 16.3. The minimum Gasteiger partial charge on any atom is -0.496 e. The summed E-state index contributed by atoms with van der Waals surface area (Å²) in [6, 6.07) is 14.0. The van der Waals surface area contributed by atoms with Gasteiger partial charge in [-0.3, -0.25) is 19.9 Å². The normalized spacial score (nSPS) is 10.4. The molecule has 3 rings (SSSR count). The number of amides is 2. The number of methoxy groups -OCH3 is 1. The highest BCUT2D eigenvalue weighted by Gasteiger charge is 2.20. The van der Waals surface area contributed by atoms with Crippen molar-refractivity contribution in [1.29, 1.82) is 0 Å². The Bertz CT molecular complexity index is 1110. The molecule has 2 amide bonds. The summed E-state index contributed by atoms with van der Waals surface area (Å²) in [5.41, 5.74) is 2.53. The van der Waals surface area contributed by atoms with Crippen molar-refractivity contribution in [3.05, 3.63) is 70.9 Å². The van der Waals surface area contributed by atoms with Crippen LogP contribution in [-0.4, -0.2) is 36.5 Å². The number of para-hydroxylation sites is 2. The molecule has 0 atom stereocenters. The van der Waals surface area contributed by atoms with Crippen molar-refractivity contribution < 1.29 is 23.9 Å². The van der Waals surface area contributed by atoms with Gasteiger partial charge in [0.15, 0.2) is 6.61 Å². The molecule has 0 unspecified atom stereocenters. The number of imide groups is 1. The van der Waals surface area contributed by atoms with Crippen molar-refractivity contribution in [2.75, 3.05) is 13.7 Å². The smallest absolute Gasteiger partial charge is 0.340 e. The fraction of sp³-hybridized carbons (Fsp3) is 0.182. The third-order valence-corrected chi connectivity index (χ3v) is 4.48. The summed E-state index contributed by atoms with van der Waals surface area (Å²) in [6.45, 7) is 2.92. The molecule has 0 saturated carbocycles. The van der Waals surface area contributed by atoms with Gasteiger partial charge in [-0.1, -0.05) is 30.3 Å². The fourth-order valence-corrected chi connectivity index (χ4v) is 3.10. The number of hydrogen-bond acceptors (Lipinski definition) is 6. The number of rotatable bonds is 5. The second-order valence-corrected chi connectivity index (χ2v) is 6.37. The summed E-state index contributed by atoms with van der Waals surface area (Å²) in [6.07, 6.45) is 0. The van der Waals surface area contributed by atoms with Crippen LogP contribution in [0.4, 0.5) is 0 Å². The Hall–Kier alpha value is -3.74. The Morgan fingerprint density at radius 1 is 1.00 bits per heavy atom. The van der Waals surface area contributed by atoms with E-state index in [9.17, 15) is 14.4 Å². The first-order valence-electron chi connectivity index (χ1n) is 8.92. The lowest BCUT2D eigenvalue weighted by Gasteiger charge is -2.12. The van der Waals surface area contributed by atoms with Crippen LogP contribution < -0.4 is 10.1 Å². The van der Waals surface area contributed by atoms with Crippen LogP contribution in [0.5, 0.6) is 5.75 Å². The molecule has 7 heteroatoms. The third-order valence-electron chi connectivity index (χ3n) is 4.48. The number of nitrogens with zero attached hydrogens (tertiary/aromatic N) is 1. The first-order valence-corrected chi connectivity index (χ1v) is 8.92. The average molecular weight is 392 g/mol. The number of nitrogens with one attached hydrogen (secondary N) is 1. The summed E-state index contributed by atoms with van der Waals surface area (Å²) in [5.74, 6) is -1.71. The molecule has 29 heavy (non-hydrogen) atoms. The Morgan fingerprint density at radius 3 is 2.45 bits per heavy atom. The number of esters is 1. The molecule has 148 valence electrons. The maximum atomic E-state index is 12.5. The van der Waals surface area contributed by atoms with Crippen LogP contribution in [0.15, 0.2) is 48.5 Å². The third kappa shape index (κ3) is 4.24. The van der Waals surface area contributed by atoms with Gasteiger partial charge in [0.1, 0.15) is 5.75 Å². The van der Waals surface area contributed by atoms with E-state index in [1.165, 1.54) is 13.2 Å². The van der Waals surface area contributed by atoms with Gasteiger partial charge >= 0.3 is 5.97 Å². The van der Waals surface area contributed by atoms with E-state index < -0.39 is 24.4 Å². The van der Waals surface area contributed by atoms with Crippen molar-refractivity contribution in [2.24, 2.45) is 0 Å². The molecule has 2 aromatic carbocycles. The van der Waals surface area contributed by atoms with Gasteiger partial charge < -0.3 is 9.47 Å². The van der Waals surface area contributed by atoms with E-state index in [4.69, 9.17) is 9.47 Å². The van der Waals surface area contributed by atoms with E-state index in [1.54, 1.807) is 32.0 Å². The predicted octanol–water partition coefficient (Wildman–Crippen LogP) is 2.97. The van der Waals surface area contributed by atoms with E-state index in [1.807, 2.05) is 24.3 Å². The number of carbonyl (C=O) groups excluding carboxylic acids is 3. The van der Waals surface area contributed by atoms with Gasteiger partial charge in [-0.2, -0.15) is 0 Å². The molecular weight excluding hydrogens is 372 g/mol. The summed E-state index contributed by atoms with van der Waals surface area (Å²) in [4.78, 5) is 41.3. The van der Waals surface area contributed by atoms with Gasteiger partial charge in [0.25, 0.3) is 11.8 Å². The zero-order chi connectivity index (χ0) is 21.0. The molecule has 0 radical (unpaired) electrons. The van der Waals surface area contributed by atoms with Crippen LogP contribution in [0.25, 0.3) is 10.9 Å². The highest BCUT2D eigenvalue weighted by molar-refractivity contribution is 6.07. The molecule has 7 nitrogen and oxygen atoms in total. The minimum absolute atomic E-state index is 0.208. The lowest BCUT2D eigenvalue weighted by Crippen LogP contribution is -2.34. The molecule has 0 aliphatic rings. The molecule has 1 heterocycles. The van der Waals surface area contributed by atoms with Crippen LogP contribution in [0.3, 0.4) is 0 Å². The molecule has 0 saturated heterocycles. The van der Waals surface area contributed by atoms with E-state index >= 15 is 0 Å². The second kappa shape index (κ2) is 8.52. The largest absolute Gasteiger partial charge is 0.496 e. The Kier molecular flexibility index (Phi) is 5.87. The maximum absolute atomic E-state index is 12.5. The standard InChI is InChI=1S/C22H20N2O5/c1-13-15-8-4-6-10-17(15)23-14(2)20(13)22(27)29-12-19(25)24-21(26)16-9-5-7-11-18(16)28-3/h4-11H,12H2,1-3H3,(H,24,25,26). The van der Waals surface area contributed by atoms with Gasteiger partial charge in [-0.15, -0.1) is 0 Å². The maximum Gasteiger partial charge on any atom is 0.340 e. The predicted molar refractivity (Wildman–Crippen MR) is 107 cm³/mol. The fourth-order valence-electron chi connectivity index (χ4n) is 3.10. The van der Waals surface area contributed by atoms with Crippen molar-refractivity contribution >= 4 is 28.7 Å². The number of aryl methyl sites for hydroxylation is 2. The van der Waals surface area contributed by atoms with Gasteiger partial charge in [0, 0.05) is 5.39 Å². The molecular formula is C22H20N2O5. The van der Waals surface area contributed by atoms with Gasteiger partial charge in [0.05, 0.1) is 29.4 Å². The Balaban J connectivity index is 1.69. The molecule has 0 spiro atoms. The van der Waals surface area contributed by atoms with E-state index in [0.29, 0.717) is 17.0 Å². The van der Waals surface area contributed by atoms with Crippen molar-refractivity contribution in [1.82, 2.24) is 10.3 Å². The molecule has 0 bridgehead atoms. The lowest BCUT2D eigenvalue weighted by atomic mass is 10.0. The number of aromatic nitrogens is 1. The van der Waals surface area contributed by atoms with Gasteiger partial charge in [-0.05, 0) is 37.6 Å². The first-order chi connectivity index (χ1) is 13.9. The first kappa shape index (κ1) is 20.0. The molecule has 1 aromatic heterocycles. The lowest BCUT2D eigenvalue weighted by molar-refractivity contribution is -0.123. The Morgan fingerprint density at radius 2 is 1.69 bits per heavy atom. The number of fused-ring (bicyclic) bond motifs is 1. The SMILES string of the molecule is COc1ccccc1C(=O)NC(=O)COC(=O)c1c(C)nc2ccccc2c1C. The summed E-state index contributed by atoms with van der Waals surface area (Å²) >= 11 is 0. The molecule has 3 aromatic rings. The topological polar surface area (TPSA) is 94.6 Å². The van der Waals surface area contributed by atoms with E-state index in [-0.39, 0.29) is 5.56 Å². The quantitative estimate of drug-likeness (QED) is 0.671. The summed E-state index contributed by atoms with van der Waals surface area (Å²) in [7, 11) is 1.43. The van der Waals surface area contributed by atoms with Crippen LogP contribution in [0.2, 0.25) is 0 Å². The molecule has 0 aliphatic carbocycles. The number of hydrogen-bond donors (Lipinski definition) is 1. The minimum atomic E-state index is -0.738. The van der Waals surface area contributed by atoms with Gasteiger partial charge in [0.2, 0.25) is 0 Å². The summed E-state index contributed by atoms with van der Waals surface area (Å²) < 4.78 is 10.2. The van der Waals surface area contributed by atoms with Gasteiger partial charge in [-0.25, -0.2) is 4.79 Å². The highest BCUT2D eigenvalue weighted by Crippen LogP contribution is 2.23. The van der Waals surface area contributed by atoms with Crippen molar-refractivity contribution in [3.8, 4) is 5.75 Å². The molecule has 0 fully saturated rings. The van der Waals surface area contributed by atoms with Crippen molar-refractivity contribution in [3.63, 3.8) is 0 Å². The number of benzene rings is 2. The van der Waals surface area contributed by atoms with Crippen molar-refractivity contribution in [2.45, 2.75) is 13.8 Å². The number of carbonyl (C=O) groups is 3. The van der Waals surface area contributed by atoms with E-state index in [2.05, 4.69) is 10.3 Å². The monoisotopic (exact) mass is 392 g/mol. The zero-order valence-corrected chi connectivity index (χ0v) is 16.3. The number of pyridine rings is 1. The summed E-state index contributed by atoms with van der Waals surface area (Å²) in [5, 5.41) is 3.02. The molecule has 0 aliphatic heterocycles. The Labute approximate surface area is 167 Å². The average Bonchev–Trinajstić information content (AvgIpc) is 2.72. The van der Waals surface area contributed by atoms with Crippen LogP contribution in [-0.2, 0) is 9.53 Å². The van der Waals surface area contributed by atoms with Crippen LogP contribution in [0.1, 0.15) is 32.0 Å². The van der Waals surface area contributed by atoms with Crippen LogP contribution >= 0.6 is 0 Å². The van der Waals surface area contributed by atoms with E-state index in [0.717, 1.165) is 16.5 Å². The molecule has 1 N–H and O–H groups in total. The number of ether oxygens (including phenoxy) is 2. The van der Waals surface area contributed by atoms with Crippen LogP contribution in [0, 0.1) is 13.8 Å².